The third-order valence-electron chi connectivity index (χ3n) is 3.83. The maximum absolute atomic E-state index is 13.2. The van der Waals surface area contributed by atoms with Crippen molar-refractivity contribution in [3.05, 3.63) is 71.8 Å². The minimum Gasteiger partial charge on any atom is -0.368 e. The van der Waals surface area contributed by atoms with Crippen LogP contribution in [0.4, 0.5) is 4.79 Å². The van der Waals surface area contributed by atoms with Gasteiger partial charge in [0.05, 0.1) is 0 Å². The first-order chi connectivity index (χ1) is 12.1. The molecule has 1 aliphatic rings. The zero-order valence-corrected chi connectivity index (χ0v) is 13.0. The van der Waals surface area contributed by atoms with Gasteiger partial charge >= 0.3 is 6.03 Å². The van der Waals surface area contributed by atoms with Crippen LogP contribution in [0, 0.1) is 11.5 Å². The van der Waals surface area contributed by atoms with Gasteiger partial charge in [-0.3, -0.25) is 10.2 Å². The van der Waals surface area contributed by atoms with Crippen LogP contribution in [0.3, 0.4) is 0 Å². The highest BCUT2D eigenvalue weighted by molar-refractivity contribution is 6.10. The van der Waals surface area contributed by atoms with Crippen molar-refractivity contribution >= 4 is 17.9 Å². The molecule has 1 fully saturated rings. The van der Waals surface area contributed by atoms with Gasteiger partial charge in [0.15, 0.2) is 5.54 Å². The molecule has 0 radical (unpaired) electrons. The van der Waals surface area contributed by atoms with Gasteiger partial charge in [0.1, 0.15) is 0 Å². The van der Waals surface area contributed by atoms with Gasteiger partial charge in [0.2, 0.25) is 12.2 Å². The maximum atomic E-state index is 13.2. The molecule has 0 unspecified atom stereocenters. The molecule has 0 atom stereocenters. The van der Waals surface area contributed by atoms with Gasteiger partial charge in [-0.25, -0.2) is 4.79 Å². The van der Waals surface area contributed by atoms with E-state index in [0.29, 0.717) is 11.1 Å². The van der Waals surface area contributed by atoms with Crippen LogP contribution in [-0.2, 0) is 10.3 Å². The molecule has 1 saturated heterocycles. The molecule has 2 aromatic rings. The normalized spacial score (nSPS) is 16.3. The number of urea groups is 1. The van der Waals surface area contributed by atoms with E-state index in [9.17, 15) is 9.59 Å². The number of hydrazine groups is 1. The number of aliphatic imine (C=N–C) groups is 1. The van der Waals surface area contributed by atoms with E-state index >= 15 is 0 Å². The summed E-state index contributed by atoms with van der Waals surface area (Å²) in [5.41, 5.74) is 7.64. The monoisotopic (exact) mass is 334 g/mol. The third kappa shape index (κ3) is 2.64. The zero-order chi connectivity index (χ0) is 17.9. The second kappa shape index (κ2) is 6.33. The first-order valence-corrected chi connectivity index (χ1v) is 7.36. The fourth-order valence-electron chi connectivity index (χ4n) is 2.76. The lowest BCUT2D eigenvalue weighted by Crippen LogP contribution is -2.51. The van der Waals surface area contributed by atoms with Crippen LogP contribution in [0.25, 0.3) is 0 Å². The summed E-state index contributed by atoms with van der Waals surface area (Å²) in [7, 11) is 0. The zero-order valence-electron chi connectivity index (χ0n) is 13.0. The lowest BCUT2D eigenvalue weighted by atomic mass is 9.83. The van der Waals surface area contributed by atoms with Gasteiger partial charge in [-0.05, 0) is 11.1 Å². The van der Waals surface area contributed by atoms with Crippen LogP contribution in [0.15, 0.2) is 65.7 Å². The van der Waals surface area contributed by atoms with Crippen LogP contribution in [0.1, 0.15) is 11.1 Å². The summed E-state index contributed by atoms with van der Waals surface area (Å²) in [4.78, 5) is 28.9. The van der Waals surface area contributed by atoms with Crippen molar-refractivity contribution < 1.29 is 9.59 Å². The topological polar surface area (TPSA) is 124 Å². The highest BCUT2D eigenvalue weighted by atomic mass is 16.2. The van der Waals surface area contributed by atoms with Gasteiger partial charge in [-0.1, -0.05) is 60.7 Å². The van der Waals surface area contributed by atoms with Crippen LogP contribution in [-0.4, -0.2) is 22.9 Å². The van der Waals surface area contributed by atoms with Crippen molar-refractivity contribution in [1.82, 2.24) is 15.8 Å². The molecule has 2 aromatic carbocycles. The highest BCUT2D eigenvalue weighted by Crippen LogP contribution is 2.35. The summed E-state index contributed by atoms with van der Waals surface area (Å²) >= 11 is 0. The second-order valence-corrected chi connectivity index (χ2v) is 5.26. The van der Waals surface area contributed by atoms with Gasteiger partial charge < -0.3 is 11.1 Å². The molecule has 1 heterocycles. The molecule has 25 heavy (non-hydrogen) atoms. The number of guanidine groups is 1. The van der Waals surface area contributed by atoms with Crippen LogP contribution < -0.4 is 16.5 Å². The molecular weight excluding hydrogens is 320 g/mol. The molecule has 0 aliphatic carbocycles. The molecule has 124 valence electrons. The van der Waals surface area contributed by atoms with Crippen molar-refractivity contribution in [2.24, 2.45) is 10.7 Å². The van der Waals surface area contributed by atoms with Gasteiger partial charge in [0.25, 0.3) is 5.91 Å². The Kier molecular flexibility index (Phi) is 4.05. The number of hydrogen-bond donors (Lipinski definition) is 3. The molecule has 0 saturated carbocycles. The minimum atomic E-state index is -1.40. The Bertz CT molecular complexity index is 834. The quantitative estimate of drug-likeness (QED) is 0.331. The molecule has 3 amide bonds. The Balaban J connectivity index is 2.12. The number of carbonyl (C=O) groups is 2. The Hall–Kier alpha value is -3.86. The van der Waals surface area contributed by atoms with E-state index in [0.717, 1.165) is 5.01 Å². The Morgan fingerprint density at radius 1 is 1.08 bits per heavy atom. The van der Waals surface area contributed by atoms with E-state index in [1.165, 1.54) is 6.19 Å². The number of nitrogens with one attached hydrogen (secondary N) is 2. The van der Waals surface area contributed by atoms with Crippen LogP contribution in [0.5, 0.6) is 0 Å². The Morgan fingerprint density at radius 3 is 2.08 bits per heavy atom. The third-order valence-corrected chi connectivity index (χ3v) is 3.83. The summed E-state index contributed by atoms with van der Waals surface area (Å²) in [6.45, 7) is 0. The maximum Gasteiger partial charge on any atom is 0.344 e. The fraction of sp³-hybridized carbons (Fsp3) is 0.0588. The number of benzene rings is 2. The number of imide groups is 1. The van der Waals surface area contributed by atoms with Crippen LogP contribution >= 0.6 is 0 Å². The average molecular weight is 334 g/mol. The fourth-order valence-corrected chi connectivity index (χ4v) is 2.76. The van der Waals surface area contributed by atoms with Crippen LogP contribution in [0.2, 0.25) is 0 Å². The number of nitriles is 1. The summed E-state index contributed by atoms with van der Waals surface area (Å²) in [6, 6.07) is 17.1. The van der Waals surface area contributed by atoms with Gasteiger partial charge in [0, 0.05) is 0 Å². The lowest BCUT2D eigenvalue weighted by Gasteiger charge is -2.27. The first-order valence-electron chi connectivity index (χ1n) is 7.36. The standard InChI is InChI=1S/C17H14N6O2/c18-11-20-15(19)22-23-14(24)17(21-16(23)25,12-7-3-1-4-8-12)13-9-5-2-6-10-13/h1-10H,(H,21,25)(H3,19,20,22). The molecule has 8 heteroatoms. The molecule has 8 nitrogen and oxygen atoms in total. The van der Waals surface area contributed by atoms with E-state index in [2.05, 4.69) is 15.7 Å². The van der Waals surface area contributed by atoms with Crippen molar-refractivity contribution in [1.29, 1.82) is 5.26 Å². The average Bonchev–Trinajstić information content (AvgIpc) is 2.89. The number of rotatable bonds is 3. The second-order valence-electron chi connectivity index (χ2n) is 5.26. The predicted octanol–water partition coefficient (Wildman–Crippen LogP) is 0.782. The number of nitrogens with two attached hydrogens (primary N) is 1. The number of nitrogens with zero attached hydrogens (tertiary/aromatic N) is 3. The summed E-state index contributed by atoms with van der Waals surface area (Å²) in [6.07, 6.45) is 1.49. The number of carbonyl (C=O) groups excluding carboxylic acids is 2. The minimum absolute atomic E-state index is 0.358. The molecule has 4 N–H and O–H groups in total. The summed E-state index contributed by atoms with van der Waals surface area (Å²) < 4.78 is 0. The van der Waals surface area contributed by atoms with Crippen molar-refractivity contribution in [2.75, 3.05) is 0 Å². The molecule has 3 rings (SSSR count). The summed E-state index contributed by atoms with van der Waals surface area (Å²) in [5, 5.41) is 12.0. The van der Waals surface area contributed by atoms with E-state index in [1.807, 2.05) is 12.1 Å². The van der Waals surface area contributed by atoms with E-state index < -0.39 is 17.5 Å². The van der Waals surface area contributed by atoms with Crippen molar-refractivity contribution in [2.45, 2.75) is 5.54 Å². The smallest absolute Gasteiger partial charge is 0.344 e. The summed E-state index contributed by atoms with van der Waals surface area (Å²) in [5.74, 6) is -0.936. The van der Waals surface area contributed by atoms with Crippen molar-refractivity contribution in [3.63, 3.8) is 0 Å². The first kappa shape index (κ1) is 16.0. The van der Waals surface area contributed by atoms with Gasteiger partial charge in [-0.15, -0.1) is 4.99 Å². The van der Waals surface area contributed by atoms with Gasteiger partial charge in [-0.2, -0.15) is 10.3 Å². The Labute approximate surface area is 143 Å². The van der Waals surface area contributed by atoms with E-state index in [1.54, 1.807) is 48.5 Å². The number of amides is 3. The van der Waals surface area contributed by atoms with E-state index in [-0.39, 0.29) is 5.96 Å². The largest absolute Gasteiger partial charge is 0.368 e. The van der Waals surface area contributed by atoms with Crippen molar-refractivity contribution in [3.8, 4) is 6.19 Å². The SMILES string of the molecule is N#CN=C(N)NN1C(=O)NC(c2ccccc2)(c2ccccc2)C1=O. The Morgan fingerprint density at radius 2 is 1.60 bits per heavy atom. The predicted molar refractivity (Wildman–Crippen MR) is 89.4 cm³/mol. The lowest BCUT2D eigenvalue weighted by molar-refractivity contribution is -0.131. The molecule has 1 aliphatic heterocycles. The molecule has 0 aromatic heterocycles. The molecule has 0 bridgehead atoms. The highest BCUT2D eigenvalue weighted by Gasteiger charge is 2.54. The van der Waals surface area contributed by atoms with E-state index in [4.69, 9.17) is 11.0 Å². The number of hydrogen-bond acceptors (Lipinski definition) is 4. The molecule has 0 spiro atoms. The molecular formula is C17H14N6O2.